The van der Waals surface area contributed by atoms with Crippen molar-refractivity contribution in [2.45, 2.75) is 6.42 Å². The Kier molecular flexibility index (Phi) is 3.79. The topological polar surface area (TPSA) is 83.5 Å². The van der Waals surface area contributed by atoms with Crippen LogP contribution in [0.2, 0.25) is 0 Å². The molecule has 3 heterocycles. The fourth-order valence-electron chi connectivity index (χ4n) is 2.83. The van der Waals surface area contributed by atoms with E-state index in [-0.39, 0.29) is 23.3 Å². The fourth-order valence-corrected chi connectivity index (χ4v) is 4.56. The molecule has 1 amide bonds. The number of rotatable bonds is 2. The molecule has 7 nitrogen and oxygen atoms in total. The predicted octanol–water partition coefficient (Wildman–Crippen LogP) is -0.440. The first-order chi connectivity index (χ1) is 10.1. The molecule has 0 aromatic carbocycles. The molecule has 3 rings (SSSR count). The Labute approximate surface area is 123 Å². The van der Waals surface area contributed by atoms with E-state index in [1.807, 2.05) is 4.90 Å². The summed E-state index contributed by atoms with van der Waals surface area (Å²) < 4.78 is 22.9. The van der Waals surface area contributed by atoms with Crippen molar-refractivity contribution in [1.82, 2.24) is 14.9 Å². The average Bonchev–Trinajstić information content (AvgIpc) is 2.88. The number of piperazine rings is 1. The molecule has 2 saturated heterocycles. The molecule has 2 fully saturated rings. The van der Waals surface area contributed by atoms with Crippen molar-refractivity contribution in [2.75, 3.05) is 42.6 Å². The molecule has 0 spiro atoms. The average molecular weight is 310 g/mol. The van der Waals surface area contributed by atoms with Crippen molar-refractivity contribution in [3.05, 3.63) is 18.5 Å². The van der Waals surface area contributed by atoms with Crippen molar-refractivity contribution in [3.63, 3.8) is 0 Å². The Morgan fingerprint density at radius 3 is 2.38 bits per heavy atom. The van der Waals surface area contributed by atoms with Crippen LogP contribution in [0.25, 0.3) is 0 Å². The van der Waals surface area contributed by atoms with Crippen LogP contribution in [-0.2, 0) is 14.6 Å². The standard InChI is InChI=1S/C13H18N4O3S/c18-12(11-2-9-21(19,20)10-11)16-5-7-17(8-6-16)13-14-3-1-4-15-13/h1,3-4,11H,2,5-10H2/t11-/m0/s1. The highest BCUT2D eigenvalue weighted by molar-refractivity contribution is 7.91. The maximum Gasteiger partial charge on any atom is 0.226 e. The number of amides is 1. The normalized spacial score (nSPS) is 25.0. The monoisotopic (exact) mass is 310 g/mol. The van der Waals surface area contributed by atoms with Gasteiger partial charge in [0.05, 0.1) is 17.4 Å². The molecule has 0 radical (unpaired) electrons. The summed E-state index contributed by atoms with van der Waals surface area (Å²) in [5.74, 6) is 0.446. The van der Waals surface area contributed by atoms with Crippen LogP contribution in [0, 0.1) is 5.92 Å². The molecule has 2 aliphatic heterocycles. The molecule has 114 valence electrons. The van der Waals surface area contributed by atoms with Crippen molar-refractivity contribution < 1.29 is 13.2 Å². The molecule has 0 bridgehead atoms. The Morgan fingerprint density at radius 2 is 1.81 bits per heavy atom. The van der Waals surface area contributed by atoms with Gasteiger partial charge in [-0.25, -0.2) is 18.4 Å². The molecule has 1 aromatic heterocycles. The Balaban J connectivity index is 1.57. The van der Waals surface area contributed by atoms with Crippen molar-refractivity contribution >= 4 is 21.7 Å². The number of anilines is 1. The van der Waals surface area contributed by atoms with Gasteiger partial charge in [0.25, 0.3) is 0 Å². The molecule has 2 aliphatic rings. The third-order valence-corrected chi connectivity index (χ3v) is 5.78. The maximum absolute atomic E-state index is 12.3. The smallest absolute Gasteiger partial charge is 0.226 e. The van der Waals surface area contributed by atoms with Gasteiger partial charge in [-0.05, 0) is 12.5 Å². The number of hydrogen-bond donors (Lipinski definition) is 0. The number of nitrogens with zero attached hydrogens (tertiary/aromatic N) is 4. The summed E-state index contributed by atoms with van der Waals surface area (Å²) in [6.45, 7) is 2.53. The van der Waals surface area contributed by atoms with Gasteiger partial charge in [-0.15, -0.1) is 0 Å². The van der Waals surface area contributed by atoms with Gasteiger partial charge in [0.2, 0.25) is 11.9 Å². The maximum atomic E-state index is 12.3. The zero-order valence-electron chi connectivity index (χ0n) is 11.7. The summed E-state index contributed by atoms with van der Waals surface area (Å²) in [6, 6.07) is 1.77. The van der Waals surface area contributed by atoms with E-state index in [1.165, 1.54) is 0 Å². The van der Waals surface area contributed by atoms with Crippen molar-refractivity contribution in [2.24, 2.45) is 5.92 Å². The van der Waals surface area contributed by atoms with Gasteiger partial charge in [0.15, 0.2) is 9.84 Å². The minimum absolute atomic E-state index is 0.00778. The summed E-state index contributed by atoms with van der Waals surface area (Å²) in [5, 5.41) is 0. The zero-order valence-corrected chi connectivity index (χ0v) is 12.5. The van der Waals surface area contributed by atoms with E-state index in [9.17, 15) is 13.2 Å². The van der Waals surface area contributed by atoms with E-state index >= 15 is 0 Å². The van der Waals surface area contributed by atoms with Gasteiger partial charge in [-0.1, -0.05) is 0 Å². The molecule has 21 heavy (non-hydrogen) atoms. The molecule has 1 atom stereocenters. The molecule has 1 aromatic rings. The second-order valence-electron chi connectivity index (χ2n) is 5.46. The van der Waals surface area contributed by atoms with Crippen LogP contribution in [-0.4, -0.2) is 66.9 Å². The molecule has 0 aliphatic carbocycles. The summed E-state index contributed by atoms with van der Waals surface area (Å²) in [7, 11) is -3.01. The third kappa shape index (κ3) is 3.15. The number of sulfone groups is 1. The SMILES string of the molecule is O=C([C@H]1CCS(=O)(=O)C1)N1CCN(c2ncccn2)CC1. The highest BCUT2D eigenvalue weighted by atomic mass is 32.2. The van der Waals surface area contributed by atoms with Crippen LogP contribution in [0.3, 0.4) is 0 Å². The lowest BCUT2D eigenvalue weighted by molar-refractivity contribution is -0.135. The third-order valence-electron chi connectivity index (χ3n) is 4.01. The molecular formula is C13H18N4O3S. The van der Waals surface area contributed by atoms with E-state index in [0.717, 1.165) is 0 Å². The fraction of sp³-hybridized carbons (Fsp3) is 0.615. The first-order valence-electron chi connectivity index (χ1n) is 7.06. The van der Waals surface area contributed by atoms with Crippen LogP contribution in [0.5, 0.6) is 0 Å². The summed E-state index contributed by atoms with van der Waals surface area (Å²) in [4.78, 5) is 24.6. The highest BCUT2D eigenvalue weighted by Crippen LogP contribution is 2.21. The molecular weight excluding hydrogens is 292 g/mol. The predicted molar refractivity (Wildman–Crippen MR) is 77.6 cm³/mol. The molecule has 0 unspecified atom stereocenters. The van der Waals surface area contributed by atoms with E-state index < -0.39 is 9.84 Å². The zero-order chi connectivity index (χ0) is 14.9. The Hall–Kier alpha value is -1.70. The van der Waals surface area contributed by atoms with Gasteiger partial charge in [0, 0.05) is 38.6 Å². The molecule has 0 N–H and O–H groups in total. The minimum atomic E-state index is -3.01. The summed E-state index contributed by atoms with van der Waals surface area (Å²) >= 11 is 0. The van der Waals surface area contributed by atoms with E-state index in [1.54, 1.807) is 23.4 Å². The first-order valence-corrected chi connectivity index (χ1v) is 8.88. The lowest BCUT2D eigenvalue weighted by Crippen LogP contribution is -2.51. The van der Waals surface area contributed by atoms with Crippen LogP contribution < -0.4 is 4.90 Å². The first kappa shape index (κ1) is 14.2. The lowest BCUT2D eigenvalue weighted by Gasteiger charge is -2.35. The van der Waals surface area contributed by atoms with Crippen LogP contribution >= 0.6 is 0 Å². The highest BCUT2D eigenvalue weighted by Gasteiger charge is 2.36. The number of aromatic nitrogens is 2. The second kappa shape index (κ2) is 5.59. The summed E-state index contributed by atoms with van der Waals surface area (Å²) in [5.41, 5.74) is 0. The number of hydrogen-bond acceptors (Lipinski definition) is 6. The van der Waals surface area contributed by atoms with Gasteiger partial charge in [0.1, 0.15) is 0 Å². The summed E-state index contributed by atoms with van der Waals surface area (Å²) in [6.07, 6.45) is 3.86. The van der Waals surface area contributed by atoms with Crippen LogP contribution in [0.4, 0.5) is 5.95 Å². The van der Waals surface area contributed by atoms with Crippen molar-refractivity contribution in [3.8, 4) is 0 Å². The van der Waals surface area contributed by atoms with E-state index in [4.69, 9.17) is 0 Å². The van der Waals surface area contributed by atoms with Crippen LogP contribution in [0.15, 0.2) is 18.5 Å². The molecule has 0 saturated carbocycles. The number of carbonyl (C=O) groups excluding carboxylic acids is 1. The van der Waals surface area contributed by atoms with Crippen molar-refractivity contribution in [1.29, 1.82) is 0 Å². The van der Waals surface area contributed by atoms with Gasteiger partial charge in [-0.3, -0.25) is 4.79 Å². The van der Waals surface area contributed by atoms with Gasteiger partial charge in [-0.2, -0.15) is 0 Å². The van der Waals surface area contributed by atoms with Crippen LogP contribution in [0.1, 0.15) is 6.42 Å². The van der Waals surface area contributed by atoms with Gasteiger partial charge < -0.3 is 9.80 Å². The number of carbonyl (C=O) groups is 1. The quantitative estimate of drug-likeness (QED) is 0.736. The largest absolute Gasteiger partial charge is 0.339 e. The second-order valence-corrected chi connectivity index (χ2v) is 7.69. The Bertz CT molecular complexity index is 612. The minimum Gasteiger partial charge on any atom is -0.339 e. The Morgan fingerprint density at radius 1 is 1.14 bits per heavy atom. The molecule has 8 heteroatoms. The lowest BCUT2D eigenvalue weighted by atomic mass is 10.1. The van der Waals surface area contributed by atoms with Gasteiger partial charge >= 0.3 is 0 Å². The van der Waals surface area contributed by atoms with E-state index in [2.05, 4.69) is 9.97 Å². The van der Waals surface area contributed by atoms with E-state index in [0.29, 0.717) is 38.5 Å².